The summed E-state index contributed by atoms with van der Waals surface area (Å²) in [7, 11) is -2.00. The summed E-state index contributed by atoms with van der Waals surface area (Å²) in [6.45, 7) is 1.56. The summed E-state index contributed by atoms with van der Waals surface area (Å²) in [5.41, 5.74) is 0.756. The van der Waals surface area contributed by atoms with Crippen molar-refractivity contribution in [3.05, 3.63) is 35.1 Å². The number of nitrogens with one attached hydrogen (secondary N) is 2. The van der Waals surface area contributed by atoms with Crippen LogP contribution in [0.5, 0.6) is 11.5 Å². The number of halogens is 1. The number of amides is 1. The highest BCUT2D eigenvalue weighted by atomic mass is 35.5. The Morgan fingerprint density at radius 3 is 2.79 bits per heavy atom. The van der Waals surface area contributed by atoms with Crippen LogP contribution in [0.4, 0.5) is 11.4 Å². The second-order valence-corrected chi connectivity index (χ2v) is 7.61. The van der Waals surface area contributed by atoms with Crippen LogP contribution in [-0.2, 0) is 9.84 Å². The molecule has 1 amide bonds. The number of hydrogen-bond donors (Lipinski definition) is 2. The van der Waals surface area contributed by atoms with Crippen LogP contribution in [0.2, 0.25) is 5.15 Å². The van der Waals surface area contributed by atoms with Crippen molar-refractivity contribution in [2.24, 2.45) is 0 Å². The molecule has 0 atom stereocenters. The largest absolute Gasteiger partial charge is 0.450 e. The fraction of sp³-hybridized carbons (Fsp3) is 0.200. The molecule has 3 rings (SSSR count). The molecule has 24 heavy (non-hydrogen) atoms. The van der Waals surface area contributed by atoms with Gasteiger partial charge in [-0.3, -0.25) is 4.79 Å². The quantitative estimate of drug-likeness (QED) is 0.691. The topological polar surface area (TPSA) is 97.4 Å². The summed E-state index contributed by atoms with van der Waals surface area (Å²) in [5.74, 6) is 0.0223. The summed E-state index contributed by atoms with van der Waals surface area (Å²) in [4.78, 5) is 16.1. The van der Waals surface area contributed by atoms with Gasteiger partial charge in [-0.1, -0.05) is 24.6 Å². The molecule has 0 aliphatic carbocycles. The second kappa shape index (κ2) is 5.95. The molecule has 1 aromatic carbocycles. The zero-order chi connectivity index (χ0) is 17.5. The van der Waals surface area contributed by atoms with Gasteiger partial charge in [0, 0.05) is 13.2 Å². The Labute approximate surface area is 143 Å². The first-order valence-electron chi connectivity index (χ1n) is 7.10. The number of rotatable bonds is 3. The zero-order valence-corrected chi connectivity index (χ0v) is 14.5. The van der Waals surface area contributed by atoms with Crippen molar-refractivity contribution in [3.8, 4) is 11.5 Å². The van der Waals surface area contributed by atoms with Crippen molar-refractivity contribution in [3.63, 3.8) is 0 Å². The van der Waals surface area contributed by atoms with Gasteiger partial charge in [0.2, 0.25) is 0 Å². The molecule has 7 nitrogen and oxygen atoms in total. The molecule has 0 fully saturated rings. The first-order valence-corrected chi connectivity index (χ1v) is 9.13. The van der Waals surface area contributed by atoms with E-state index in [1.165, 1.54) is 19.3 Å². The van der Waals surface area contributed by atoms with Crippen LogP contribution in [0, 0.1) is 0 Å². The number of carbonyl (C=O) groups excluding carboxylic acids is 1. The standard InChI is InChI=1S/C15H14ClN3O4S/c1-3-24(21,22)10-6-4-5-9-12(10)19-11-8(15(20)17-2)7-18-14(16)13(11)23-9/h4-7,19H,3H2,1-2H3,(H,17,20). The number of aromatic nitrogens is 1. The van der Waals surface area contributed by atoms with Crippen molar-refractivity contribution < 1.29 is 17.9 Å². The number of pyridine rings is 1. The molecule has 0 spiro atoms. The highest BCUT2D eigenvalue weighted by molar-refractivity contribution is 7.91. The van der Waals surface area contributed by atoms with Gasteiger partial charge < -0.3 is 15.4 Å². The third-order valence-corrected chi connectivity index (χ3v) is 5.67. The van der Waals surface area contributed by atoms with Crippen molar-refractivity contribution >= 4 is 38.7 Å². The number of anilines is 2. The van der Waals surface area contributed by atoms with Gasteiger partial charge in [0.1, 0.15) is 5.69 Å². The number of hydrogen-bond acceptors (Lipinski definition) is 6. The molecule has 1 aliphatic rings. The molecule has 9 heteroatoms. The monoisotopic (exact) mass is 367 g/mol. The highest BCUT2D eigenvalue weighted by Gasteiger charge is 2.29. The smallest absolute Gasteiger partial charge is 0.254 e. The maximum Gasteiger partial charge on any atom is 0.254 e. The van der Waals surface area contributed by atoms with Gasteiger partial charge in [-0.15, -0.1) is 0 Å². The highest BCUT2D eigenvalue weighted by Crippen LogP contribution is 2.48. The van der Waals surface area contributed by atoms with Crippen LogP contribution in [0.15, 0.2) is 29.3 Å². The minimum absolute atomic E-state index is 0.0581. The van der Waals surface area contributed by atoms with Crippen LogP contribution in [-0.4, -0.2) is 32.1 Å². The third kappa shape index (κ3) is 2.57. The Hall–Kier alpha value is -2.32. The number of sulfone groups is 1. The fourth-order valence-electron chi connectivity index (χ4n) is 2.36. The van der Waals surface area contributed by atoms with Crippen molar-refractivity contribution in [1.29, 1.82) is 0 Å². The molecule has 0 saturated carbocycles. The molecule has 0 bridgehead atoms. The van der Waals surface area contributed by atoms with E-state index in [0.717, 1.165) is 0 Å². The minimum atomic E-state index is -3.48. The molecule has 126 valence electrons. The Morgan fingerprint density at radius 1 is 1.38 bits per heavy atom. The van der Waals surface area contributed by atoms with Gasteiger partial charge >= 0.3 is 0 Å². The molecule has 2 N–H and O–H groups in total. The second-order valence-electron chi connectivity index (χ2n) is 5.01. The molecule has 0 saturated heterocycles. The van der Waals surface area contributed by atoms with E-state index < -0.39 is 15.7 Å². The van der Waals surface area contributed by atoms with Crippen LogP contribution in [0.25, 0.3) is 0 Å². The maximum absolute atomic E-state index is 12.3. The van der Waals surface area contributed by atoms with Gasteiger partial charge in [-0.2, -0.15) is 0 Å². The molecule has 2 aromatic rings. The number of fused-ring (bicyclic) bond motifs is 2. The van der Waals surface area contributed by atoms with Crippen molar-refractivity contribution in [1.82, 2.24) is 10.3 Å². The molecule has 1 aliphatic heterocycles. The van der Waals surface area contributed by atoms with Crippen LogP contribution < -0.4 is 15.4 Å². The summed E-state index contributed by atoms with van der Waals surface area (Å²) in [6, 6.07) is 4.68. The van der Waals surface area contributed by atoms with Gasteiger partial charge in [0.15, 0.2) is 26.5 Å². The predicted molar refractivity (Wildman–Crippen MR) is 90.2 cm³/mol. The number of nitrogens with zero attached hydrogens (tertiary/aromatic N) is 1. The first kappa shape index (κ1) is 16.5. The summed E-state index contributed by atoms with van der Waals surface area (Å²) < 4.78 is 30.3. The van der Waals surface area contributed by atoms with Crippen LogP contribution >= 0.6 is 11.6 Å². The lowest BCUT2D eigenvalue weighted by Crippen LogP contribution is -2.21. The Kier molecular flexibility index (Phi) is 4.10. The maximum atomic E-state index is 12.3. The summed E-state index contributed by atoms with van der Waals surface area (Å²) >= 11 is 6.06. The fourth-order valence-corrected chi connectivity index (χ4v) is 3.60. The molecular formula is C15H14ClN3O4S. The molecule has 2 heterocycles. The zero-order valence-electron chi connectivity index (χ0n) is 12.9. The van der Waals surface area contributed by atoms with Gasteiger partial charge in [0.25, 0.3) is 5.91 Å². The number of carbonyl (C=O) groups is 1. The number of benzene rings is 1. The van der Waals surface area contributed by atoms with Crippen molar-refractivity contribution in [2.75, 3.05) is 18.1 Å². The van der Waals surface area contributed by atoms with Crippen LogP contribution in [0.3, 0.4) is 0 Å². The molecule has 0 unspecified atom stereocenters. The molecule has 1 aromatic heterocycles. The Morgan fingerprint density at radius 2 is 2.12 bits per heavy atom. The van der Waals surface area contributed by atoms with Crippen LogP contribution in [0.1, 0.15) is 17.3 Å². The summed E-state index contributed by atoms with van der Waals surface area (Å²) in [6.07, 6.45) is 1.30. The molecular weight excluding hydrogens is 354 g/mol. The SMILES string of the molecule is CCS(=O)(=O)c1cccc2c1Nc1c(C(=O)NC)cnc(Cl)c1O2. The first-order chi connectivity index (χ1) is 11.4. The van der Waals surface area contributed by atoms with E-state index in [4.69, 9.17) is 16.3 Å². The lowest BCUT2D eigenvalue weighted by atomic mass is 10.1. The van der Waals surface area contributed by atoms with Gasteiger partial charge in [-0.25, -0.2) is 13.4 Å². The van der Waals surface area contributed by atoms with Gasteiger partial charge in [0.05, 0.1) is 21.9 Å². The number of ether oxygens (including phenoxy) is 1. The molecule has 0 radical (unpaired) electrons. The van der Waals surface area contributed by atoms with Gasteiger partial charge in [-0.05, 0) is 12.1 Å². The van der Waals surface area contributed by atoms with E-state index in [2.05, 4.69) is 15.6 Å². The normalized spacial score (nSPS) is 12.5. The van der Waals surface area contributed by atoms with E-state index in [9.17, 15) is 13.2 Å². The van der Waals surface area contributed by atoms with E-state index in [-0.39, 0.29) is 38.5 Å². The van der Waals surface area contributed by atoms with E-state index in [1.807, 2.05) is 0 Å². The van der Waals surface area contributed by atoms with E-state index in [0.29, 0.717) is 5.75 Å². The predicted octanol–water partition coefficient (Wildman–Crippen LogP) is 2.74. The average molecular weight is 368 g/mol. The lowest BCUT2D eigenvalue weighted by molar-refractivity contribution is 0.0963. The van der Waals surface area contributed by atoms with Crippen molar-refractivity contribution in [2.45, 2.75) is 11.8 Å². The summed E-state index contributed by atoms with van der Waals surface area (Å²) in [5, 5.41) is 5.55. The Balaban J connectivity index is 2.22. The minimum Gasteiger partial charge on any atom is -0.450 e. The number of para-hydroxylation sites is 1. The average Bonchev–Trinajstić information content (AvgIpc) is 2.59. The third-order valence-electron chi connectivity index (χ3n) is 3.63. The van der Waals surface area contributed by atoms with E-state index in [1.54, 1.807) is 19.1 Å². The van der Waals surface area contributed by atoms with E-state index >= 15 is 0 Å². The lowest BCUT2D eigenvalue weighted by Gasteiger charge is -2.25. The Bertz CT molecular complexity index is 944.